The lowest BCUT2D eigenvalue weighted by Gasteiger charge is -2.24. The number of nitrogens with zero attached hydrogens (tertiary/aromatic N) is 3. The molecule has 1 aliphatic heterocycles. The quantitative estimate of drug-likeness (QED) is 0.283. The molecule has 0 bridgehead atoms. The van der Waals surface area contributed by atoms with E-state index in [-0.39, 0.29) is 35.6 Å². The summed E-state index contributed by atoms with van der Waals surface area (Å²) in [5.41, 5.74) is 1.61. The zero-order chi connectivity index (χ0) is 29.1. The van der Waals surface area contributed by atoms with E-state index in [9.17, 15) is 16.8 Å². The Morgan fingerprint density at radius 1 is 0.975 bits per heavy atom. The molecule has 40 heavy (non-hydrogen) atoms. The first-order chi connectivity index (χ1) is 18.7. The van der Waals surface area contributed by atoms with E-state index in [0.29, 0.717) is 15.8 Å². The van der Waals surface area contributed by atoms with Crippen molar-refractivity contribution in [2.24, 2.45) is 20.6 Å². The van der Waals surface area contributed by atoms with E-state index in [1.54, 1.807) is 26.0 Å². The minimum absolute atomic E-state index is 0.0193. The van der Waals surface area contributed by atoms with Gasteiger partial charge in [0.2, 0.25) is 16.0 Å². The number of primary sulfonamides is 1. The third-order valence-electron chi connectivity index (χ3n) is 6.10. The molecule has 0 saturated carbocycles. The van der Waals surface area contributed by atoms with E-state index < -0.39 is 25.5 Å². The zero-order valence-electron chi connectivity index (χ0n) is 21.8. The predicted molar refractivity (Wildman–Crippen MR) is 160 cm³/mol. The number of nitrogens with one attached hydrogen (secondary N) is 1. The fourth-order valence-corrected chi connectivity index (χ4v) is 6.76. The third kappa shape index (κ3) is 7.82. The summed E-state index contributed by atoms with van der Waals surface area (Å²) in [5, 5.41) is 12.5. The van der Waals surface area contributed by atoms with Crippen LogP contribution in [0, 0.1) is 5.41 Å². The average Bonchev–Trinajstić information content (AvgIpc) is 3.32. The molecule has 0 aliphatic carbocycles. The molecule has 0 amide bonds. The van der Waals surface area contributed by atoms with Gasteiger partial charge in [-0.25, -0.2) is 31.7 Å². The maximum atomic E-state index is 13.4. The van der Waals surface area contributed by atoms with Gasteiger partial charge < -0.3 is 0 Å². The Kier molecular flexibility index (Phi) is 8.91. The molecule has 3 N–H and O–H groups in total. The number of guanidine groups is 1. The number of rotatable bonds is 8. The summed E-state index contributed by atoms with van der Waals surface area (Å²) < 4.78 is 52.8. The SMILES string of the molecule is CC(C)(CN=C(NS(=O)(=O)c1ccc(Cl)cc1)N1C[C@@H](c2ccccc2)C(c2ccc(Cl)cc2)=N1)CS(N)(=O)=O. The van der Waals surface area contributed by atoms with Gasteiger partial charge >= 0.3 is 0 Å². The van der Waals surface area contributed by atoms with Crippen molar-refractivity contribution in [3.8, 4) is 0 Å². The van der Waals surface area contributed by atoms with Gasteiger partial charge in [0.05, 0.1) is 22.9 Å². The van der Waals surface area contributed by atoms with Crippen LogP contribution in [-0.2, 0) is 20.0 Å². The monoisotopic (exact) mass is 621 g/mol. The molecule has 3 aromatic carbocycles. The molecule has 3 aromatic rings. The molecule has 0 spiro atoms. The number of hydrazone groups is 1. The molecular weight excluding hydrogens is 593 g/mol. The molecule has 9 nitrogen and oxygen atoms in total. The molecule has 4 rings (SSSR count). The molecule has 212 valence electrons. The second kappa shape index (κ2) is 11.9. The largest absolute Gasteiger partial charge is 0.264 e. The Bertz CT molecular complexity index is 1630. The lowest BCUT2D eigenvalue weighted by molar-refractivity contribution is 0.413. The fourth-order valence-electron chi connectivity index (χ4n) is 4.30. The molecule has 0 saturated heterocycles. The summed E-state index contributed by atoms with van der Waals surface area (Å²) in [6.07, 6.45) is 0. The summed E-state index contributed by atoms with van der Waals surface area (Å²) in [7, 11) is -7.89. The van der Waals surface area contributed by atoms with Gasteiger partial charge in [-0.05, 0) is 52.9 Å². The number of hydrogen-bond donors (Lipinski definition) is 2. The highest BCUT2D eigenvalue weighted by Crippen LogP contribution is 2.30. The number of nitrogens with two attached hydrogens (primary N) is 1. The average molecular weight is 623 g/mol. The second-order valence-corrected chi connectivity index (χ2v) is 14.4. The number of benzene rings is 3. The molecular formula is C27H29Cl2N5O4S2. The number of halogens is 2. The molecule has 0 aromatic heterocycles. The summed E-state index contributed by atoms with van der Waals surface area (Å²) in [4.78, 5) is 4.52. The van der Waals surface area contributed by atoms with Gasteiger partial charge in [-0.3, -0.25) is 4.99 Å². The van der Waals surface area contributed by atoms with Crippen LogP contribution in [0.1, 0.15) is 30.9 Å². The summed E-state index contributed by atoms with van der Waals surface area (Å²) >= 11 is 12.1. The predicted octanol–water partition coefficient (Wildman–Crippen LogP) is 4.45. The summed E-state index contributed by atoms with van der Waals surface area (Å²) in [5.74, 6) is -0.612. The van der Waals surface area contributed by atoms with Crippen LogP contribution in [0.4, 0.5) is 0 Å². The normalized spacial score (nSPS) is 16.6. The number of sulfonamides is 2. The molecule has 1 aliphatic rings. The van der Waals surface area contributed by atoms with E-state index in [0.717, 1.165) is 11.1 Å². The first-order valence-corrected chi connectivity index (χ1v) is 16.2. The van der Waals surface area contributed by atoms with Gasteiger partial charge in [0, 0.05) is 22.5 Å². The van der Waals surface area contributed by atoms with Crippen molar-refractivity contribution in [3.63, 3.8) is 0 Å². The van der Waals surface area contributed by atoms with Gasteiger partial charge in [0.15, 0.2) is 0 Å². The van der Waals surface area contributed by atoms with Gasteiger partial charge in [-0.1, -0.05) is 79.5 Å². The topological polar surface area (TPSA) is 134 Å². The van der Waals surface area contributed by atoms with Crippen LogP contribution in [-0.4, -0.2) is 52.4 Å². The standard InChI is InChI=1S/C27H29Cl2N5O4S2/c1-27(2,18-39(30,35)36)17-31-26(33-40(37,38)23-14-12-22(29)13-15-23)34-16-24(19-6-4-3-5-7-19)25(32-34)20-8-10-21(28)11-9-20/h3-15,24H,16-18H2,1-2H3,(H,31,33)(H2,30,35,36)/t24-/m0/s1. The molecule has 0 unspecified atom stereocenters. The van der Waals surface area contributed by atoms with Crippen molar-refractivity contribution in [2.75, 3.05) is 18.8 Å². The maximum absolute atomic E-state index is 13.4. The second-order valence-electron chi connectivity index (χ2n) is 10.2. The maximum Gasteiger partial charge on any atom is 0.264 e. The van der Waals surface area contributed by atoms with E-state index in [1.165, 1.54) is 29.3 Å². The Balaban J connectivity index is 1.76. The van der Waals surface area contributed by atoms with Gasteiger partial charge in [0.1, 0.15) is 0 Å². The minimum atomic E-state index is -4.10. The molecule has 13 heteroatoms. The Hall–Kier alpha value is -2.96. The van der Waals surface area contributed by atoms with Crippen molar-refractivity contribution in [1.82, 2.24) is 9.73 Å². The van der Waals surface area contributed by atoms with E-state index >= 15 is 0 Å². The van der Waals surface area contributed by atoms with E-state index in [4.69, 9.17) is 33.4 Å². The van der Waals surface area contributed by atoms with Crippen LogP contribution >= 0.6 is 23.2 Å². The first kappa shape index (κ1) is 30.0. The van der Waals surface area contributed by atoms with Crippen LogP contribution in [0.15, 0.2) is 93.9 Å². The minimum Gasteiger partial charge on any atom is -0.250 e. The van der Waals surface area contributed by atoms with Crippen LogP contribution < -0.4 is 9.86 Å². The zero-order valence-corrected chi connectivity index (χ0v) is 25.0. The van der Waals surface area contributed by atoms with Gasteiger partial charge in [-0.15, -0.1) is 0 Å². The fraction of sp³-hybridized carbons (Fsp3) is 0.259. The van der Waals surface area contributed by atoms with Gasteiger partial charge in [-0.2, -0.15) is 5.10 Å². The summed E-state index contributed by atoms with van der Waals surface area (Å²) in [6, 6.07) is 22.6. The van der Waals surface area contributed by atoms with Crippen molar-refractivity contribution < 1.29 is 16.8 Å². The summed E-state index contributed by atoms with van der Waals surface area (Å²) in [6.45, 7) is 3.61. The highest BCUT2D eigenvalue weighted by molar-refractivity contribution is 7.90. The van der Waals surface area contributed by atoms with Crippen molar-refractivity contribution >= 4 is 54.9 Å². The van der Waals surface area contributed by atoms with Crippen molar-refractivity contribution in [1.29, 1.82) is 0 Å². The highest BCUT2D eigenvalue weighted by atomic mass is 35.5. The molecule has 0 radical (unpaired) electrons. The first-order valence-electron chi connectivity index (χ1n) is 12.2. The van der Waals surface area contributed by atoms with Crippen molar-refractivity contribution in [3.05, 3.63) is 100 Å². The van der Waals surface area contributed by atoms with Crippen LogP contribution in [0.25, 0.3) is 0 Å². The lowest BCUT2D eigenvalue weighted by atomic mass is 9.91. The van der Waals surface area contributed by atoms with Gasteiger partial charge in [0.25, 0.3) is 10.0 Å². The third-order valence-corrected chi connectivity index (χ3v) is 9.13. The van der Waals surface area contributed by atoms with E-state index in [1.807, 2.05) is 42.5 Å². The number of hydrogen-bond acceptors (Lipinski definition) is 6. The molecule has 0 fully saturated rings. The Morgan fingerprint density at radius 2 is 1.55 bits per heavy atom. The lowest BCUT2D eigenvalue weighted by Crippen LogP contribution is -2.42. The van der Waals surface area contributed by atoms with Crippen LogP contribution in [0.5, 0.6) is 0 Å². The molecule has 1 heterocycles. The van der Waals surface area contributed by atoms with Crippen LogP contribution in [0.3, 0.4) is 0 Å². The Morgan fingerprint density at radius 3 is 2.12 bits per heavy atom. The molecule has 1 atom stereocenters. The Labute approximate surface area is 244 Å². The smallest absolute Gasteiger partial charge is 0.250 e. The van der Waals surface area contributed by atoms with Crippen molar-refractivity contribution in [2.45, 2.75) is 24.7 Å². The van der Waals surface area contributed by atoms with E-state index in [2.05, 4.69) is 9.71 Å². The van der Waals surface area contributed by atoms with Crippen LogP contribution in [0.2, 0.25) is 10.0 Å². The number of aliphatic imine (C=N–C) groups is 1. The highest BCUT2D eigenvalue weighted by Gasteiger charge is 2.34.